The lowest BCUT2D eigenvalue weighted by molar-refractivity contribution is -0.137. The second-order valence-electron chi connectivity index (χ2n) is 6.48. The molecule has 0 heterocycles. The second kappa shape index (κ2) is 7.19. The summed E-state index contributed by atoms with van der Waals surface area (Å²) in [5, 5.41) is 5.14. The molecule has 138 valence electrons. The lowest BCUT2D eigenvalue weighted by atomic mass is 9.90. The Labute approximate surface area is 149 Å². The zero-order valence-corrected chi connectivity index (χ0v) is 14.6. The van der Waals surface area contributed by atoms with Gasteiger partial charge in [-0.1, -0.05) is 12.1 Å². The first-order valence-electron chi connectivity index (χ1n) is 7.87. The van der Waals surface area contributed by atoms with Crippen LogP contribution < -0.4 is 10.6 Å². The van der Waals surface area contributed by atoms with Gasteiger partial charge in [0.15, 0.2) is 0 Å². The van der Waals surface area contributed by atoms with Gasteiger partial charge in [0, 0.05) is 11.4 Å². The zero-order chi connectivity index (χ0) is 19.5. The van der Waals surface area contributed by atoms with Crippen LogP contribution in [0.15, 0.2) is 48.5 Å². The number of hydrogen-bond acceptors (Lipinski definition) is 2. The molecule has 2 rings (SSSR count). The quantitative estimate of drug-likeness (QED) is 0.778. The Kier molecular flexibility index (Phi) is 5.39. The molecule has 7 heteroatoms. The third-order valence-electron chi connectivity index (χ3n) is 3.88. The van der Waals surface area contributed by atoms with Gasteiger partial charge in [-0.15, -0.1) is 0 Å². The van der Waals surface area contributed by atoms with Crippen LogP contribution >= 0.6 is 0 Å². The minimum absolute atomic E-state index is 0.180. The van der Waals surface area contributed by atoms with Crippen LogP contribution in [-0.2, 0) is 15.8 Å². The van der Waals surface area contributed by atoms with Gasteiger partial charge >= 0.3 is 6.18 Å². The summed E-state index contributed by atoms with van der Waals surface area (Å²) in [5.74, 6) is -1.14. The normalized spacial score (nSPS) is 11.8. The number of nitrogens with one attached hydrogen (secondary N) is 2. The summed E-state index contributed by atoms with van der Waals surface area (Å²) in [7, 11) is 0. The van der Waals surface area contributed by atoms with Crippen LogP contribution in [-0.4, -0.2) is 11.8 Å². The number of aryl methyl sites for hydroxylation is 1. The molecule has 2 aromatic carbocycles. The predicted molar refractivity (Wildman–Crippen MR) is 93.7 cm³/mol. The van der Waals surface area contributed by atoms with Crippen molar-refractivity contribution in [3.8, 4) is 0 Å². The summed E-state index contributed by atoms with van der Waals surface area (Å²) in [6, 6.07) is 11.2. The number of alkyl halides is 3. The summed E-state index contributed by atoms with van der Waals surface area (Å²) < 4.78 is 37.7. The number of carbonyl (C=O) groups excluding carboxylic acids is 2. The average molecular weight is 364 g/mol. The highest BCUT2D eigenvalue weighted by molar-refractivity contribution is 6.14. The zero-order valence-electron chi connectivity index (χ0n) is 14.6. The lowest BCUT2D eigenvalue weighted by Crippen LogP contribution is -2.41. The highest BCUT2D eigenvalue weighted by Gasteiger charge is 2.36. The molecule has 0 aromatic heterocycles. The molecule has 0 aliphatic heterocycles. The monoisotopic (exact) mass is 364 g/mol. The molecule has 26 heavy (non-hydrogen) atoms. The van der Waals surface area contributed by atoms with Crippen LogP contribution in [0.25, 0.3) is 0 Å². The lowest BCUT2D eigenvalue weighted by Gasteiger charge is -2.23. The number of anilines is 2. The maximum absolute atomic E-state index is 12.6. The van der Waals surface area contributed by atoms with Gasteiger partial charge in [-0.05, 0) is 62.7 Å². The van der Waals surface area contributed by atoms with Crippen LogP contribution in [0.2, 0.25) is 0 Å². The molecule has 0 bridgehead atoms. The van der Waals surface area contributed by atoms with Crippen molar-refractivity contribution in [2.24, 2.45) is 5.41 Å². The van der Waals surface area contributed by atoms with E-state index in [0.717, 1.165) is 29.8 Å². The average Bonchev–Trinajstić information content (AvgIpc) is 2.54. The van der Waals surface area contributed by atoms with Crippen LogP contribution in [0.4, 0.5) is 24.5 Å². The van der Waals surface area contributed by atoms with E-state index in [2.05, 4.69) is 10.6 Å². The summed E-state index contributed by atoms with van der Waals surface area (Å²) in [4.78, 5) is 24.9. The maximum atomic E-state index is 12.6. The van der Waals surface area contributed by atoms with Gasteiger partial charge in [0.2, 0.25) is 11.8 Å². The van der Waals surface area contributed by atoms with Crippen molar-refractivity contribution in [1.82, 2.24) is 0 Å². The summed E-state index contributed by atoms with van der Waals surface area (Å²) in [5.41, 5.74) is -0.543. The van der Waals surface area contributed by atoms with Crippen LogP contribution in [0.1, 0.15) is 25.0 Å². The fraction of sp³-hybridized carbons (Fsp3) is 0.263. The molecule has 4 nitrogen and oxygen atoms in total. The fourth-order valence-corrected chi connectivity index (χ4v) is 2.14. The van der Waals surface area contributed by atoms with E-state index in [4.69, 9.17) is 0 Å². The van der Waals surface area contributed by atoms with Gasteiger partial charge in [0.1, 0.15) is 5.41 Å². The van der Waals surface area contributed by atoms with Gasteiger partial charge in [-0.2, -0.15) is 13.2 Å². The first-order valence-corrected chi connectivity index (χ1v) is 7.87. The number of amides is 2. The van der Waals surface area contributed by atoms with E-state index in [1.165, 1.54) is 13.8 Å². The molecule has 0 atom stereocenters. The van der Waals surface area contributed by atoms with E-state index in [0.29, 0.717) is 5.69 Å². The van der Waals surface area contributed by atoms with Gasteiger partial charge in [-0.3, -0.25) is 9.59 Å². The molecule has 0 aliphatic rings. The van der Waals surface area contributed by atoms with Gasteiger partial charge in [0.25, 0.3) is 0 Å². The molecule has 2 N–H and O–H groups in total. The van der Waals surface area contributed by atoms with E-state index < -0.39 is 29.0 Å². The highest BCUT2D eigenvalue weighted by Crippen LogP contribution is 2.30. The molecular weight excluding hydrogens is 345 g/mol. The van der Waals surface area contributed by atoms with E-state index in [9.17, 15) is 22.8 Å². The van der Waals surface area contributed by atoms with Crippen LogP contribution in [0, 0.1) is 12.3 Å². The third kappa shape index (κ3) is 4.62. The molecule has 0 saturated heterocycles. The minimum Gasteiger partial charge on any atom is -0.325 e. The second-order valence-corrected chi connectivity index (χ2v) is 6.48. The van der Waals surface area contributed by atoms with Crippen molar-refractivity contribution < 1.29 is 22.8 Å². The van der Waals surface area contributed by atoms with Crippen molar-refractivity contribution in [1.29, 1.82) is 0 Å². The summed E-state index contributed by atoms with van der Waals surface area (Å²) in [6.45, 7) is 4.76. The van der Waals surface area contributed by atoms with Crippen molar-refractivity contribution in [2.45, 2.75) is 26.9 Å². The van der Waals surface area contributed by atoms with Crippen molar-refractivity contribution in [3.63, 3.8) is 0 Å². The Morgan fingerprint density at radius 2 is 1.38 bits per heavy atom. The topological polar surface area (TPSA) is 58.2 Å². The molecule has 2 amide bonds. The largest absolute Gasteiger partial charge is 0.416 e. The number of rotatable bonds is 4. The Balaban J connectivity index is 2.08. The predicted octanol–water partition coefficient (Wildman–Crippen LogP) is 4.62. The molecular formula is C19H19F3N2O2. The molecule has 2 aromatic rings. The van der Waals surface area contributed by atoms with Crippen LogP contribution in [0.3, 0.4) is 0 Å². The minimum atomic E-state index is -4.45. The smallest absolute Gasteiger partial charge is 0.325 e. The SMILES string of the molecule is Cc1cccc(NC(=O)C(C)(C)C(=O)Nc2ccc(C(F)(F)F)cc2)c1. The standard InChI is InChI=1S/C19H19F3N2O2/c1-12-5-4-6-15(11-12)24-17(26)18(2,3)16(25)23-14-9-7-13(8-10-14)19(20,21)22/h4-11H,1-3H3,(H,23,25)(H,24,26). The molecule has 0 saturated carbocycles. The fourth-order valence-electron chi connectivity index (χ4n) is 2.14. The molecule has 0 unspecified atom stereocenters. The van der Waals surface area contributed by atoms with Crippen molar-refractivity contribution in [3.05, 3.63) is 59.7 Å². The molecule has 0 spiro atoms. The molecule has 0 aliphatic carbocycles. The first kappa shape index (κ1) is 19.5. The van der Waals surface area contributed by atoms with Gasteiger partial charge in [-0.25, -0.2) is 0 Å². The number of benzene rings is 2. The van der Waals surface area contributed by atoms with E-state index in [1.54, 1.807) is 18.2 Å². The Bertz CT molecular complexity index is 812. The maximum Gasteiger partial charge on any atom is 0.416 e. The summed E-state index contributed by atoms with van der Waals surface area (Å²) >= 11 is 0. The highest BCUT2D eigenvalue weighted by atomic mass is 19.4. The third-order valence-corrected chi connectivity index (χ3v) is 3.88. The Hall–Kier alpha value is -2.83. The number of carbonyl (C=O) groups is 2. The molecule has 0 fully saturated rings. The van der Waals surface area contributed by atoms with Crippen LogP contribution in [0.5, 0.6) is 0 Å². The van der Waals surface area contributed by atoms with Crippen molar-refractivity contribution in [2.75, 3.05) is 10.6 Å². The van der Waals surface area contributed by atoms with Crippen molar-refractivity contribution >= 4 is 23.2 Å². The van der Waals surface area contributed by atoms with Gasteiger partial charge < -0.3 is 10.6 Å². The Morgan fingerprint density at radius 3 is 1.88 bits per heavy atom. The van der Waals surface area contributed by atoms with E-state index in [1.807, 2.05) is 13.0 Å². The van der Waals surface area contributed by atoms with Gasteiger partial charge in [0.05, 0.1) is 5.56 Å². The summed E-state index contributed by atoms with van der Waals surface area (Å²) in [6.07, 6.45) is -4.45. The molecule has 0 radical (unpaired) electrons. The van der Waals surface area contributed by atoms with E-state index in [-0.39, 0.29) is 5.69 Å². The number of hydrogen-bond donors (Lipinski definition) is 2. The first-order chi connectivity index (χ1) is 12.0. The Morgan fingerprint density at radius 1 is 0.846 bits per heavy atom. The van der Waals surface area contributed by atoms with E-state index >= 15 is 0 Å². The number of halogens is 3.